The van der Waals surface area contributed by atoms with Gasteiger partial charge in [0.05, 0.1) is 24.1 Å². The third-order valence-corrected chi connectivity index (χ3v) is 3.27. The lowest BCUT2D eigenvalue weighted by Gasteiger charge is -2.09. The van der Waals surface area contributed by atoms with E-state index in [0.29, 0.717) is 0 Å². The van der Waals surface area contributed by atoms with Gasteiger partial charge in [-0.2, -0.15) is 0 Å². The van der Waals surface area contributed by atoms with Crippen LogP contribution in [0.25, 0.3) is 0 Å². The second-order valence-electron chi connectivity index (χ2n) is 3.93. The topological polar surface area (TPSA) is 98.5 Å². The second-order valence-corrected chi connectivity index (χ2v) is 5.66. The highest BCUT2D eigenvalue weighted by Crippen LogP contribution is 2.21. The van der Waals surface area contributed by atoms with Gasteiger partial charge in [0.15, 0.2) is 11.6 Å². The van der Waals surface area contributed by atoms with Gasteiger partial charge in [-0.1, -0.05) is 0 Å². The standard InChI is InChI=1S/C11H14F2N2O4S/c1-19-11(16)7-3-4-8(10(13)9(7)12)15-5-2-6-20(14,17)18/h3-4,15H,2,5-6H2,1H3,(H2,14,17,18). The Morgan fingerprint density at radius 3 is 2.55 bits per heavy atom. The summed E-state index contributed by atoms with van der Waals surface area (Å²) in [5.41, 5.74) is -0.690. The molecule has 0 saturated heterocycles. The zero-order valence-electron chi connectivity index (χ0n) is 10.7. The first-order valence-corrected chi connectivity index (χ1v) is 7.28. The van der Waals surface area contributed by atoms with Gasteiger partial charge in [0.2, 0.25) is 10.0 Å². The quantitative estimate of drug-likeness (QED) is 0.599. The number of carbonyl (C=O) groups excluding carboxylic acids is 1. The van der Waals surface area contributed by atoms with Crippen molar-refractivity contribution in [3.05, 3.63) is 29.3 Å². The fourth-order valence-corrected chi connectivity index (χ4v) is 2.00. The lowest BCUT2D eigenvalue weighted by atomic mass is 10.2. The van der Waals surface area contributed by atoms with Crippen molar-refractivity contribution in [3.8, 4) is 0 Å². The Morgan fingerprint density at radius 2 is 2.00 bits per heavy atom. The van der Waals surface area contributed by atoms with Crippen molar-refractivity contribution >= 4 is 21.7 Å². The molecule has 0 aliphatic carbocycles. The van der Waals surface area contributed by atoms with Crippen LogP contribution in [-0.2, 0) is 14.8 Å². The largest absolute Gasteiger partial charge is 0.465 e. The highest BCUT2D eigenvalue weighted by molar-refractivity contribution is 7.89. The Morgan fingerprint density at radius 1 is 1.35 bits per heavy atom. The maximum absolute atomic E-state index is 13.6. The van der Waals surface area contributed by atoms with Crippen LogP contribution in [0.5, 0.6) is 0 Å². The maximum Gasteiger partial charge on any atom is 0.340 e. The summed E-state index contributed by atoms with van der Waals surface area (Å²) >= 11 is 0. The van der Waals surface area contributed by atoms with Crippen molar-refractivity contribution in [1.29, 1.82) is 0 Å². The van der Waals surface area contributed by atoms with Gasteiger partial charge in [0, 0.05) is 6.54 Å². The number of hydrogen-bond donors (Lipinski definition) is 2. The van der Waals surface area contributed by atoms with Gasteiger partial charge in [-0.15, -0.1) is 0 Å². The minimum Gasteiger partial charge on any atom is -0.465 e. The molecular formula is C11H14F2N2O4S. The summed E-state index contributed by atoms with van der Waals surface area (Å²) in [7, 11) is -2.53. The molecule has 6 nitrogen and oxygen atoms in total. The minimum atomic E-state index is -3.59. The number of hydrogen-bond acceptors (Lipinski definition) is 5. The Bertz CT molecular complexity index is 605. The molecule has 0 spiro atoms. The smallest absolute Gasteiger partial charge is 0.340 e. The van der Waals surface area contributed by atoms with Crippen LogP contribution in [0.2, 0.25) is 0 Å². The highest BCUT2D eigenvalue weighted by atomic mass is 32.2. The summed E-state index contributed by atoms with van der Waals surface area (Å²) in [5.74, 6) is -3.82. The number of ether oxygens (including phenoxy) is 1. The van der Waals surface area contributed by atoms with Crippen LogP contribution in [0.15, 0.2) is 12.1 Å². The SMILES string of the molecule is COC(=O)c1ccc(NCCCS(N)(=O)=O)c(F)c1F. The van der Waals surface area contributed by atoms with Crippen molar-refractivity contribution in [2.24, 2.45) is 5.14 Å². The third kappa shape index (κ3) is 4.42. The number of carbonyl (C=O) groups is 1. The summed E-state index contributed by atoms with van der Waals surface area (Å²) in [4.78, 5) is 11.1. The first-order valence-electron chi connectivity index (χ1n) is 5.57. The molecule has 0 fully saturated rings. The monoisotopic (exact) mass is 308 g/mol. The average molecular weight is 308 g/mol. The summed E-state index contributed by atoms with van der Waals surface area (Å²) < 4.78 is 52.9. The second kappa shape index (κ2) is 6.62. The summed E-state index contributed by atoms with van der Waals surface area (Å²) in [6.45, 7) is 0.0877. The number of nitrogens with two attached hydrogens (primary N) is 1. The van der Waals surface area contributed by atoms with E-state index in [1.54, 1.807) is 0 Å². The zero-order valence-corrected chi connectivity index (χ0v) is 11.5. The highest BCUT2D eigenvalue weighted by Gasteiger charge is 2.18. The van der Waals surface area contributed by atoms with E-state index in [1.807, 2.05) is 0 Å². The molecule has 0 unspecified atom stereocenters. The fraction of sp³-hybridized carbons (Fsp3) is 0.364. The number of sulfonamides is 1. The Balaban J connectivity index is 2.73. The van der Waals surface area contributed by atoms with Gasteiger partial charge in [-0.05, 0) is 18.6 Å². The molecule has 1 rings (SSSR count). The molecule has 9 heteroatoms. The van der Waals surface area contributed by atoms with Crippen LogP contribution in [0.3, 0.4) is 0 Å². The van der Waals surface area contributed by atoms with E-state index in [0.717, 1.165) is 13.2 Å². The van der Waals surface area contributed by atoms with Crippen LogP contribution >= 0.6 is 0 Å². The lowest BCUT2D eigenvalue weighted by Crippen LogP contribution is -2.19. The predicted octanol–water partition coefficient (Wildman–Crippen LogP) is 0.842. The van der Waals surface area contributed by atoms with Gasteiger partial charge in [-0.3, -0.25) is 0 Å². The summed E-state index contributed by atoms with van der Waals surface area (Å²) in [6.07, 6.45) is 0.138. The van der Waals surface area contributed by atoms with Gasteiger partial charge in [0.25, 0.3) is 0 Å². The van der Waals surface area contributed by atoms with Crippen molar-refractivity contribution in [2.45, 2.75) is 6.42 Å². The van der Waals surface area contributed by atoms with Gasteiger partial charge in [0.1, 0.15) is 0 Å². The average Bonchev–Trinajstić information content (AvgIpc) is 2.37. The van der Waals surface area contributed by atoms with E-state index in [2.05, 4.69) is 10.1 Å². The number of anilines is 1. The molecule has 0 aliphatic rings. The Kier molecular flexibility index (Phi) is 5.40. The molecule has 1 aromatic rings. The number of rotatable bonds is 6. The van der Waals surface area contributed by atoms with E-state index in [4.69, 9.17) is 5.14 Å². The normalized spacial score (nSPS) is 11.2. The number of esters is 1. The Hall–Kier alpha value is -1.74. The van der Waals surface area contributed by atoms with Gasteiger partial charge in [-0.25, -0.2) is 27.1 Å². The van der Waals surface area contributed by atoms with Crippen LogP contribution in [-0.4, -0.2) is 33.8 Å². The molecule has 0 heterocycles. The van der Waals surface area contributed by atoms with E-state index in [-0.39, 0.29) is 24.4 Å². The van der Waals surface area contributed by atoms with Crippen LogP contribution in [0.1, 0.15) is 16.8 Å². The third-order valence-electron chi connectivity index (χ3n) is 2.41. The molecule has 20 heavy (non-hydrogen) atoms. The lowest BCUT2D eigenvalue weighted by molar-refractivity contribution is 0.0594. The molecule has 1 aromatic carbocycles. The van der Waals surface area contributed by atoms with E-state index in [9.17, 15) is 22.0 Å². The number of methoxy groups -OCH3 is 1. The molecule has 0 atom stereocenters. The number of primary sulfonamides is 1. The molecule has 0 amide bonds. The molecular weight excluding hydrogens is 294 g/mol. The van der Waals surface area contributed by atoms with Crippen molar-refractivity contribution < 1.29 is 26.7 Å². The first-order chi connectivity index (χ1) is 9.26. The molecule has 112 valence electrons. The number of benzene rings is 1. The minimum absolute atomic E-state index is 0.0877. The van der Waals surface area contributed by atoms with Crippen molar-refractivity contribution in [2.75, 3.05) is 24.7 Å². The van der Waals surface area contributed by atoms with E-state index in [1.165, 1.54) is 6.07 Å². The maximum atomic E-state index is 13.6. The number of nitrogens with one attached hydrogen (secondary N) is 1. The van der Waals surface area contributed by atoms with Gasteiger partial charge < -0.3 is 10.1 Å². The van der Waals surface area contributed by atoms with Crippen LogP contribution in [0.4, 0.5) is 14.5 Å². The molecule has 3 N–H and O–H groups in total. The van der Waals surface area contributed by atoms with E-state index >= 15 is 0 Å². The van der Waals surface area contributed by atoms with Crippen LogP contribution < -0.4 is 10.5 Å². The van der Waals surface area contributed by atoms with E-state index < -0.39 is 33.2 Å². The first kappa shape index (κ1) is 16.3. The molecule has 0 saturated carbocycles. The van der Waals surface area contributed by atoms with Crippen LogP contribution in [0, 0.1) is 11.6 Å². The summed E-state index contributed by atoms with van der Waals surface area (Å²) in [5, 5.41) is 7.32. The summed E-state index contributed by atoms with van der Waals surface area (Å²) in [6, 6.07) is 2.24. The van der Waals surface area contributed by atoms with Gasteiger partial charge >= 0.3 is 5.97 Å². The predicted molar refractivity (Wildman–Crippen MR) is 68.8 cm³/mol. The molecule has 0 radical (unpaired) electrons. The zero-order chi connectivity index (χ0) is 15.3. The Labute approximate surface area is 115 Å². The van der Waals surface area contributed by atoms with Crippen molar-refractivity contribution in [1.82, 2.24) is 0 Å². The molecule has 0 bridgehead atoms. The molecule has 0 aliphatic heterocycles. The van der Waals surface area contributed by atoms with Crippen molar-refractivity contribution in [3.63, 3.8) is 0 Å². The fourth-order valence-electron chi connectivity index (χ4n) is 1.45. The number of halogens is 2. The molecule has 0 aromatic heterocycles.